The van der Waals surface area contributed by atoms with E-state index in [0.717, 1.165) is 9.75 Å². The molecule has 0 amide bonds. The molecule has 0 unspecified atom stereocenters. The van der Waals surface area contributed by atoms with Crippen LogP contribution in [0.1, 0.15) is 16.2 Å². The van der Waals surface area contributed by atoms with E-state index in [2.05, 4.69) is 0 Å². The van der Waals surface area contributed by atoms with Gasteiger partial charge in [-0.2, -0.15) is 0 Å². The third-order valence-electron chi connectivity index (χ3n) is 3.02. The Morgan fingerprint density at radius 3 is 2.00 bits per heavy atom. The van der Waals surface area contributed by atoms with Crippen molar-refractivity contribution in [3.8, 4) is 0 Å². The lowest BCUT2D eigenvalue weighted by atomic mass is 9.90. The molecule has 2 heterocycles. The van der Waals surface area contributed by atoms with Crippen LogP contribution >= 0.6 is 22.7 Å². The van der Waals surface area contributed by atoms with Gasteiger partial charge in [0.25, 0.3) is 11.0 Å². The molecule has 2 rings (SSSR count). The molecule has 0 fully saturated rings. The third kappa shape index (κ3) is 4.39. The van der Waals surface area contributed by atoms with Crippen LogP contribution in [0.15, 0.2) is 35.0 Å². The van der Waals surface area contributed by atoms with Crippen LogP contribution in [0.5, 0.6) is 0 Å². The van der Waals surface area contributed by atoms with Gasteiger partial charge in [0.15, 0.2) is 0 Å². The summed E-state index contributed by atoms with van der Waals surface area (Å²) in [6.07, 6.45) is 1.62. The first-order chi connectivity index (χ1) is 9.63. The number of rotatable bonds is 8. The van der Waals surface area contributed by atoms with Crippen molar-refractivity contribution < 1.29 is 12.6 Å². The van der Waals surface area contributed by atoms with Crippen LogP contribution in [-0.4, -0.2) is 20.6 Å². The zero-order valence-electron chi connectivity index (χ0n) is 10.9. The maximum absolute atomic E-state index is 11.1. The average molecular weight is 331 g/mol. The molecule has 2 N–H and O–H groups in total. The minimum absolute atomic E-state index is 0.389. The molecule has 7 heteroatoms. The van der Waals surface area contributed by atoms with Crippen molar-refractivity contribution in [2.45, 2.75) is 24.9 Å². The number of thiol groups is 1. The van der Waals surface area contributed by atoms with Crippen LogP contribution in [0.3, 0.4) is 0 Å². The predicted octanol–water partition coefficient (Wildman–Crippen LogP) is 2.23. The fraction of sp³-hybridized carbons (Fsp3) is 0.385. The summed E-state index contributed by atoms with van der Waals surface area (Å²) in [6, 6.07) is 7.89. The summed E-state index contributed by atoms with van der Waals surface area (Å²) in [5.74, 6) is 0. The second-order valence-electron chi connectivity index (χ2n) is 4.55. The van der Waals surface area contributed by atoms with E-state index in [1.165, 1.54) is 0 Å². The first-order valence-corrected chi connectivity index (χ1v) is 9.07. The molecular formula is C13H17NO3S3. The van der Waals surface area contributed by atoms with E-state index in [9.17, 15) is 8.42 Å². The van der Waals surface area contributed by atoms with Gasteiger partial charge >= 0.3 is 0 Å². The molecule has 0 saturated carbocycles. The summed E-state index contributed by atoms with van der Waals surface area (Å²) < 4.78 is 27.6. The third-order valence-corrected chi connectivity index (χ3v) is 5.31. The Morgan fingerprint density at radius 2 is 1.65 bits per heavy atom. The fourth-order valence-corrected chi connectivity index (χ4v) is 4.44. The van der Waals surface area contributed by atoms with Crippen LogP contribution in [-0.2, 0) is 28.0 Å². The zero-order chi connectivity index (χ0) is 14.4. The Kier molecular flexibility index (Phi) is 5.74. The average Bonchev–Trinajstić information content (AvgIpc) is 3.01. The number of thiophene rings is 2. The largest absolute Gasteiger partial charge is 0.330 e. The van der Waals surface area contributed by atoms with E-state index >= 15 is 0 Å². The Balaban J connectivity index is 2.26. The summed E-state index contributed by atoms with van der Waals surface area (Å²) in [5, 5.41) is 3.95. The highest BCUT2D eigenvalue weighted by Gasteiger charge is 2.33. The molecule has 2 aromatic rings. The molecule has 110 valence electrons. The zero-order valence-corrected chi connectivity index (χ0v) is 13.4. The SMILES string of the molecule is NCCC(Cc1cccs1)(Cc1cccs1)O[SH](=O)=O. The normalized spacial score (nSPS) is 12.1. The molecule has 0 spiro atoms. The molecule has 20 heavy (non-hydrogen) atoms. The first-order valence-electron chi connectivity index (χ1n) is 6.22. The van der Waals surface area contributed by atoms with Crippen molar-refractivity contribution >= 4 is 33.7 Å². The molecule has 0 aliphatic rings. The van der Waals surface area contributed by atoms with Gasteiger partial charge in [0.1, 0.15) is 0 Å². The summed E-state index contributed by atoms with van der Waals surface area (Å²) in [7, 11) is -2.91. The summed E-state index contributed by atoms with van der Waals surface area (Å²) >= 11 is 3.20. The monoisotopic (exact) mass is 331 g/mol. The first kappa shape index (κ1) is 15.7. The molecule has 0 aromatic carbocycles. The summed E-state index contributed by atoms with van der Waals surface area (Å²) in [5.41, 5.74) is 4.90. The van der Waals surface area contributed by atoms with Gasteiger partial charge in [0.2, 0.25) is 0 Å². The Labute approximate surface area is 128 Å². The van der Waals surface area contributed by atoms with Crippen LogP contribution in [0.4, 0.5) is 0 Å². The highest BCUT2D eigenvalue weighted by Crippen LogP contribution is 2.30. The van der Waals surface area contributed by atoms with Gasteiger partial charge in [-0.25, -0.2) is 8.42 Å². The fourth-order valence-electron chi connectivity index (χ4n) is 2.23. The predicted molar refractivity (Wildman–Crippen MR) is 83.8 cm³/mol. The molecule has 0 saturated heterocycles. The van der Waals surface area contributed by atoms with E-state index in [0.29, 0.717) is 25.8 Å². The van der Waals surface area contributed by atoms with Gasteiger partial charge in [-0.1, -0.05) is 12.1 Å². The van der Waals surface area contributed by atoms with Gasteiger partial charge in [-0.05, 0) is 35.9 Å². The molecule has 0 atom stereocenters. The van der Waals surface area contributed by atoms with E-state index in [1.54, 1.807) is 22.7 Å². The molecule has 2 aromatic heterocycles. The van der Waals surface area contributed by atoms with Crippen molar-refractivity contribution in [3.63, 3.8) is 0 Å². The maximum atomic E-state index is 11.1. The topological polar surface area (TPSA) is 69.4 Å². The van der Waals surface area contributed by atoms with Crippen molar-refractivity contribution in [1.82, 2.24) is 0 Å². The molecule has 0 aliphatic carbocycles. The highest BCUT2D eigenvalue weighted by molar-refractivity contribution is 7.67. The van der Waals surface area contributed by atoms with E-state index in [4.69, 9.17) is 9.92 Å². The van der Waals surface area contributed by atoms with E-state index in [-0.39, 0.29) is 0 Å². The van der Waals surface area contributed by atoms with Crippen molar-refractivity contribution in [1.29, 1.82) is 0 Å². The lowest BCUT2D eigenvalue weighted by molar-refractivity contribution is 0.0776. The van der Waals surface area contributed by atoms with E-state index in [1.807, 2.05) is 35.0 Å². The van der Waals surface area contributed by atoms with Crippen LogP contribution in [0, 0.1) is 0 Å². The Hall–Kier alpha value is -0.730. The second-order valence-corrected chi connectivity index (χ2v) is 7.24. The minimum Gasteiger partial charge on any atom is -0.330 e. The number of hydrogen-bond acceptors (Lipinski definition) is 6. The van der Waals surface area contributed by atoms with E-state index < -0.39 is 16.6 Å². The number of hydrogen-bond donors (Lipinski definition) is 2. The smallest absolute Gasteiger partial charge is 0.257 e. The molecule has 0 bridgehead atoms. The van der Waals surface area contributed by atoms with Crippen LogP contribution < -0.4 is 5.73 Å². The summed E-state index contributed by atoms with van der Waals surface area (Å²) in [4.78, 5) is 2.21. The van der Waals surface area contributed by atoms with Crippen LogP contribution in [0.25, 0.3) is 0 Å². The summed E-state index contributed by atoms with van der Waals surface area (Å²) in [6.45, 7) is 0.389. The number of nitrogens with two attached hydrogens (primary N) is 1. The molecule has 4 nitrogen and oxygen atoms in total. The van der Waals surface area contributed by atoms with Crippen molar-refractivity contribution in [2.75, 3.05) is 6.54 Å². The van der Waals surface area contributed by atoms with Gasteiger partial charge in [-0.3, -0.25) is 4.18 Å². The Morgan fingerprint density at radius 1 is 1.10 bits per heavy atom. The molecular weight excluding hydrogens is 314 g/mol. The lowest BCUT2D eigenvalue weighted by Gasteiger charge is -2.30. The second kappa shape index (κ2) is 7.33. The van der Waals surface area contributed by atoms with Gasteiger partial charge in [0.05, 0.1) is 5.60 Å². The van der Waals surface area contributed by atoms with Crippen molar-refractivity contribution in [2.24, 2.45) is 5.73 Å². The highest BCUT2D eigenvalue weighted by atomic mass is 32.2. The van der Waals surface area contributed by atoms with Gasteiger partial charge in [-0.15, -0.1) is 22.7 Å². The molecule has 0 aliphatic heterocycles. The standard InChI is InChI=1S/C13H17NO3S3/c14-6-5-13(17-20(15)16,9-11-3-1-7-18-11)10-12-4-2-8-19-12/h1-4,7-8,20H,5-6,9-10,14H2. The minimum atomic E-state index is -2.91. The van der Waals surface area contributed by atoms with Crippen LogP contribution in [0.2, 0.25) is 0 Å². The van der Waals surface area contributed by atoms with Gasteiger partial charge < -0.3 is 5.73 Å². The van der Waals surface area contributed by atoms with Gasteiger partial charge in [0, 0.05) is 22.6 Å². The quantitative estimate of drug-likeness (QED) is 0.728. The Bertz CT molecular complexity index is 532. The maximum Gasteiger partial charge on any atom is 0.257 e. The lowest BCUT2D eigenvalue weighted by Crippen LogP contribution is -2.39. The molecule has 0 radical (unpaired) electrons. The van der Waals surface area contributed by atoms with Crippen molar-refractivity contribution in [3.05, 3.63) is 44.8 Å².